The van der Waals surface area contributed by atoms with Crippen molar-refractivity contribution in [3.05, 3.63) is 25.3 Å². The molecule has 11 nitrogen and oxygen atoms in total. The molecule has 0 fully saturated rings. The topological polar surface area (TPSA) is 118 Å². The molecular formula is C13H31N11. The fourth-order valence-electron chi connectivity index (χ4n) is 0.678. The molecule has 0 bridgehead atoms. The van der Waals surface area contributed by atoms with Gasteiger partial charge in [-0.25, -0.2) is 4.68 Å². The Hall–Kier alpha value is -2.72. The van der Waals surface area contributed by atoms with Gasteiger partial charge in [0.2, 0.25) is 0 Å². The summed E-state index contributed by atoms with van der Waals surface area (Å²) < 4.78 is 3.31. The maximum absolute atomic E-state index is 3.61. The second-order valence-corrected chi connectivity index (χ2v) is 3.04. The summed E-state index contributed by atoms with van der Waals surface area (Å²) in [6, 6.07) is 0. The summed E-state index contributed by atoms with van der Waals surface area (Å²) in [5.41, 5.74) is 0. The molecule has 0 saturated heterocycles. The monoisotopic (exact) mass is 341 g/mol. The van der Waals surface area contributed by atoms with Crippen molar-refractivity contribution in [3.8, 4) is 0 Å². The maximum Gasteiger partial charge on any atom is 0.162 e. The van der Waals surface area contributed by atoms with E-state index in [1.165, 1.54) is 22.1 Å². The normalized spacial score (nSPS) is 7.38. The molecule has 0 N–H and O–H groups in total. The minimum atomic E-state index is 1.39. The lowest BCUT2D eigenvalue weighted by atomic mass is 11.0. The lowest BCUT2D eigenvalue weighted by Gasteiger charge is -1.74. The Morgan fingerprint density at radius 3 is 1.29 bits per heavy atom. The average molecular weight is 341 g/mol. The molecule has 11 heteroatoms. The maximum atomic E-state index is 3.61. The molecule has 0 saturated carbocycles. The van der Waals surface area contributed by atoms with Crippen molar-refractivity contribution in [3.63, 3.8) is 0 Å². The quantitative estimate of drug-likeness (QED) is 0.600. The third-order valence-corrected chi connectivity index (χ3v) is 1.44. The van der Waals surface area contributed by atoms with E-state index in [2.05, 4.69) is 41.1 Å². The van der Waals surface area contributed by atoms with Gasteiger partial charge in [-0.05, 0) is 15.6 Å². The highest BCUT2D eigenvalue weighted by atomic mass is 15.6. The Morgan fingerprint density at radius 2 is 1.17 bits per heavy atom. The lowest BCUT2D eigenvalue weighted by molar-refractivity contribution is 0.630. The Bertz CT molecular complexity index is 411. The first-order valence-corrected chi connectivity index (χ1v) is 7.81. The highest BCUT2D eigenvalue weighted by Crippen LogP contribution is 1.66. The second kappa shape index (κ2) is 22.6. The van der Waals surface area contributed by atoms with Crippen LogP contribution in [0.5, 0.6) is 0 Å². The fraction of sp³-hybridized carbons (Fsp3) is 0.692. The predicted molar refractivity (Wildman–Crippen MR) is 92.6 cm³/mol. The van der Waals surface area contributed by atoms with Crippen LogP contribution in [0.1, 0.15) is 41.5 Å². The smallest absolute Gasteiger partial charge is 0.162 e. The van der Waals surface area contributed by atoms with Gasteiger partial charge < -0.3 is 4.57 Å². The highest BCUT2D eigenvalue weighted by Gasteiger charge is 1.73. The molecule has 0 unspecified atom stereocenters. The summed E-state index contributed by atoms with van der Waals surface area (Å²) in [6.45, 7) is 12.0. The van der Waals surface area contributed by atoms with Crippen molar-refractivity contribution in [2.45, 2.75) is 41.5 Å². The van der Waals surface area contributed by atoms with Gasteiger partial charge in [0.1, 0.15) is 19.0 Å². The van der Waals surface area contributed by atoms with E-state index in [1.807, 2.05) is 48.6 Å². The van der Waals surface area contributed by atoms with Gasteiger partial charge in [-0.15, -0.1) is 25.5 Å². The van der Waals surface area contributed by atoms with E-state index in [0.717, 1.165) is 0 Å². The summed E-state index contributed by atoms with van der Waals surface area (Å²) in [6.07, 6.45) is 6.19. The molecule has 0 aliphatic heterocycles. The minimum absolute atomic E-state index is 1.39. The van der Waals surface area contributed by atoms with Crippen molar-refractivity contribution >= 4 is 0 Å². The van der Waals surface area contributed by atoms with Gasteiger partial charge in [-0.2, -0.15) is 4.80 Å². The van der Waals surface area contributed by atoms with Crippen LogP contribution in [-0.4, -0.2) is 55.2 Å². The Balaban J connectivity index is -0.000000239. The van der Waals surface area contributed by atoms with Crippen LogP contribution in [0.3, 0.4) is 0 Å². The molecule has 0 amide bonds. The van der Waals surface area contributed by atoms with Gasteiger partial charge in [0, 0.05) is 14.1 Å². The van der Waals surface area contributed by atoms with Crippen LogP contribution in [0, 0.1) is 0 Å². The second-order valence-electron chi connectivity index (χ2n) is 3.04. The van der Waals surface area contributed by atoms with Gasteiger partial charge in [0.05, 0.1) is 7.05 Å². The molecular weight excluding hydrogens is 310 g/mol. The lowest BCUT2D eigenvalue weighted by Crippen LogP contribution is -1.90. The summed E-state index contributed by atoms with van der Waals surface area (Å²) in [5.74, 6) is 0. The zero-order chi connectivity index (χ0) is 19.2. The minimum Gasteiger partial charge on any atom is -0.323 e. The fourth-order valence-corrected chi connectivity index (χ4v) is 0.678. The summed E-state index contributed by atoms with van der Waals surface area (Å²) in [4.78, 5) is 1.39. The van der Waals surface area contributed by atoms with Crippen molar-refractivity contribution in [1.29, 1.82) is 0 Å². The Kier molecular flexibility index (Phi) is 24.6. The molecule has 0 atom stereocenters. The highest BCUT2D eigenvalue weighted by molar-refractivity contribution is 4.52. The first-order valence-electron chi connectivity index (χ1n) is 7.81. The number of aromatic nitrogens is 11. The molecule has 138 valence electrons. The van der Waals surface area contributed by atoms with E-state index in [4.69, 9.17) is 0 Å². The van der Waals surface area contributed by atoms with Gasteiger partial charge in [-0.1, -0.05) is 41.5 Å². The first-order chi connectivity index (χ1) is 11.7. The predicted octanol–water partition coefficient (Wildman–Crippen LogP) is 1.31. The van der Waals surface area contributed by atoms with E-state index >= 15 is 0 Å². The summed E-state index contributed by atoms with van der Waals surface area (Å²) in [7, 11) is 5.35. The summed E-state index contributed by atoms with van der Waals surface area (Å²) in [5, 5.41) is 27.8. The van der Waals surface area contributed by atoms with Crippen LogP contribution in [0.4, 0.5) is 0 Å². The van der Waals surface area contributed by atoms with Gasteiger partial charge in [0.15, 0.2) is 6.33 Å². The van der Waals surface area contributed by atoms with Crippen LogP contribution in [0.25, 0.3) is 0 Å². The van der Waals surface area contributed by atoms with Crippen molar-refractivity contribution in [1.82, 2.24) is 55.2 Å². The number of nitrogens with zero attached hydrogens (tertiary/aromatic N) is 11. The van der Waals surface area contributed by atoms with Crippen molar-refractivity contribution in [2.75, 3.05) is 0 Å². The van der Waals surface area contributed by atoms with Crippen LogP contribution in [0.2, 0.25) is 0 Å². The number of hydrogen-bond acceptors (Lipinski definition) is 8. The van der Waals surface area contributed by atoms with Crippen LogP contribution < -0.4 is 0 Å². The number of aryl methyl sites for hydroxylation is 3. The zero-order valence-electron chi connectivity index (χ0n) is 16.2. The van der Waals surface area contributed by atoms with Gasteiger partial charge in [0.25, 0.3) is 0 Å². The molecule has 0 aliphatic carbocycles. The molecule has 0 spiro atoms. The third-order valence-electron chi connectivity index (χ3n) is 1.44. The van der Waals surface area contributed by atoms with Crippen LogP contribution >= 0.6 is 0 Å². The molecule has 0 radical (unpaired) electrons. The van der Waals surface area contributed by atoms with E-state index in [9.17, 15) is 0 Å². The number of rotatable bonds is 0. The molecule has 0 aromatic carbocycles. The van der Waals surface area contributed by atoms with Gasteiger partial charge in [-0.3, -0.25) is 0 Å². The van der Waals surface area contributed by atoms with Crippen LogP contribution in [0.15, 0.2) is 25.3 Å². The molecule has 0 aliphatic rings. The molecule has 24 heavy (non-hydrogen) atoms. The number of hydrogen-bond donors (Lipinski definition) is 0. The van der Waals surface area contributed by atoms with Gasteiger partial charge >= 0.3 is 0 Å². The standard InChI is InChI=1S/C3H5N3.2C2H4N4.3C2H6/c1-6-2-4-5-3-6;1-6-2-3-4-5-6;1-6-4-2-3-5-6;3*1-2/h2-3H,1H3;2*2H,1H3;3*1-2H3. The summed E-state index contributed by atoms with van der Waals surface area (Å²) >= 11 is 0. The average Bonchev–Trinajstić information content (AvgIpc) is 3.40. The largest absolute Gasteiger partial charge is 0.323 e. The van der Waals surface area contributed by atoms with E-state index in [1.54, 1.807) is 31.3 Å². The molecule has 3 aromatic rings. The SMILES string of the molecule is CC.CC.CC.Cn1cnnc1.Cn1cnnn1.Cn1ncnn1. The first kappa shape index (κ1) is 26.2. The van der Waals surface area contributed by atoms with Crippen molar-refractivity contribution < 1.29 is 0 Å². The van der Waals surface area contributed by atoms with E-state index in [-0.39, 0.29) is 0 Å². The van der Waals surface area contributed by atoms with Crippen molar-refractivity contribution in [2.24, 2.45) is 21.1 Å². The zero-order valence-corrected chi connectivity index (χ0v) is 16.2. The number of tetrazole rings is 2. The van der Waals surface area contributed by atoms with Crippen LogP contribution in [-0.2, 0) is 21.1 Å². The third kappa shape index (κ3) is 19.3. The van der Waals surface area contributed by atoms with E-state index in [0.29, 0.717) is 0 Å². The van der Waals surface area contributed by atoms with E-state index < -0.39 is 0 Å². The Morgan fingerprint density at radius 1 is 0.625 bits per heavy atom. The molecule has 3 heterocycles. The molecule has 3 rings (SSSR count). The Labute approximate surface area is 144 Å². The molecule has 3 aromatic heterocycles.